The van der Waals surface area contributed by atoms with E-state index >= 15 is 0 Å². The molecule has 0 bridgehead atoms. The average molecular weight is 271 g/mol. The number of benzene rings is 1. The third kappa shape index (κ3) is 2.94. The van der Waals surface area contributed by atoms with Gasteiger partial charge in [0.25, 0.3) is 0 Å². The van der Waals surface area contributed by atoms with Crippen LogP contribution in [0.25, 0.3) is 0 Å². The first-order valence-electron chi connectivity index (χ1n) is 3.32. The highest BCUT2D eigenvalue weighted by Gasteiger charge is 2.04. The van der Waals surface area contributed by atoms with Crippen LogP contribution in [-0.2, 0) is 0 Å². The minimum Gasteiger partial charge on any atom is -0.324 e. The zero-order valence-electron chi connectivity index (χ0n) is 6.55. The van der Waals surface area contributed by atoms with E-state index in [1.54, 1.807) is 0 Å². The SMILES string of the molecule is C[C@H](N)c1ccc(Br)cc1Cl.Cl. The lowest BCUT2D eigenvalue weighted by Crippen LogP contribution is -2.05. The molecule has 0 fully saturated rings. The van der Waals surface area contributed by atoms with Crippen molar-refractivity contribution < 1.29 is 0 Å². The van der Waals surface area contributed by atoms with Crippen LogP contribution in [0, 0.1) is 0 Å². The topological polar surface area (TPSA) is 26.0 Å². The summed E-state index contributed by atoms with van der Waals surface area (Å²) in [6.45, 7) is 1.91. The Bertz CT molecular complexity index is 263. The molecule has 0 saturated heterocycles. The summed E-state index contributed by atoms with van der Waals surface area (Å²) in [4.78, 5) is 0. The zero-order chi connectivity index (χ0) is 8.43. The molecule has 1 aromatic carbocycles. The molecule has 0 aliphatic carbocycles. The van der Waals surface area contributed by atoms with Crippen molar-refractivity contribution in [2.45, 2.75) is 13.0 Å². The fraction of sp³-hybridized carbons (Fsp3) is 0.250. The van der Waals surface area contributed by atoms with Crippen molar-refractivity contribution in [1.29, 1.82) is 0 Å². The standard InChI is InChI=1S/C8H9BrClN.ClH/c1-5(11)7-3-2-6(9)4-8(7)10;/h2-5H,11H2,1H3;1H/t5-;/m0./s1. The van der Waals surface area contributed by atoms with Gasteiger partial charge in [0.1, 0.15) is 0 Å². The number of hydrogen-bond acceptors (Lipinski definition) is 1. The lowest BCUT2D eigenvalue weighted by molar-refractivity contribution is 0.818. The van der Waals surface area contributed by atoms with E-state index in [-0.39, 0.29) is 18.4 Å². The van der Waals surface area contributed by atoms with E-state index in [0.29, 0.717) is 0 Å². The maximum atomic E-state index is 5.91. The van der Waals surface area contributed by atoms with Gasteiger partial charge in [0.05, 0.1) is 0 Å². The lowest BCUT2D eigenvalue weighted by atomic mass is 10.1. The van der Waals surface area contributed by atoms with E-state index in [1.165, 1.54) is 0 Å². The van der Waals surface area contributed by atoms with Gasteiger partial charge in [0.2, 0.25) is 0 Å². The molecule has 0 spiro atoms. The van der Waals surface area contributed by atoms with E-state index in [1.807, 2.05) is 25.1 Å². The van der Waals surface area contributed by atoms with Crippen LogP contribution in [0.4, 0.5) is 0 Å². The minimum absolute atomic E-state index is 0. The van der Waals surface area contributed by atoms with Crippen LogP contribution in [0.1, 0.15) is 18.5 Å². The molecule has 0 aliphatic rings. The van der Waals surface area contributed by atoms with Gasteiger partial charge in [-0.2, -0.15) is 0 Å². The summed E-state index contributed by atoms with van der Waals surface area (Å²) in [6, 6.07) is 5.71. The van der Waals surface area contributed by atoms with Crippen molar-refractivity contribution in [1.82, 2.24) is 0 Å². The van der Waals surface area contributed by atoms with Crippen molar-refractivity contribution in [3.63, 3.8) is 0 Å². The Balaban J connectivity index is 0.00000121. The van der Waals surface area contributed by atoms with Crippen LogP contribution in [0.15, 0.2) is 22.7 Å². The summed E-state index contributed by atoms with van der Waals surface area (Å²) in [5.41, 5.74) is 6.65. The molecule has 0 unspecified atom stereocenters. The van der Waals surface area contributed by atoms with Crippen LogP contribution in [0.2, 0.25) is 5.02 Å². The molecular formula is C8H10BrCl2N. The lowest BCUT2D eigenvalue weighted by Gasteiger charge is -2.07. The van der Waals surface area contributed by atoms with Gasteiger partial charge in [-0.25, -0.2) is 0 Å². The minimum atomic E-state index is -0.00407. The monoisotopic (exact) mass is 269 g/mol. The Labute approximate surface area is 91.8 Å². The molecular weight excluding hydrogens is 261 g/mol. The molecule has 1 nitrogen and oxygen atoms in total. The van der Waals surface area contributed by atoms with Gasteiger partial charge < -0.3 is 5.73 Å². The molecule has 0 aromatic heterocycles. The Morgan fingerprint density at radius 3 is 2.50 bits per heavy atom. The summed E-state index contributed by atoms with van der Waals surface area (Å²) in [6.07, 6.45) is 0. The van der Waals surface area contributed by atoms with Crippen LogP contribution < -0.4 is 5.73 Å². The van der Waals surface area contributed by atoms with Crippen LogP contribution in [0.3, 0.4) is 0 Å². The molecule has 1 rings (SSSR count). The summed E-state index contributed by atoms with van der Waals surface area (Å²) in [5.74, 6) is 0. The summed E-state index contributed by atoms with van der Waals surface area (Å²) in [7, 11) is 0. The summed E-state index contributed by atoms with van der Waals surface area (Å²) in [5, 5.41) is 0.717. The molecule has 1 aromatic rings. The predicted octanol–water partition coefficient (Wildman–Crippen LogP) is 3.54. The largest absolute Gasteiger partial charge is 0.324 e. The van der Waals surface area contributed by atoms with Crippen LogP contribution in [0.5, 0.6) is 0 Å². The molecule has 0 heterocycles. The molecule has 2 N–H and O–H groups in total. The molecule has 4 heteroatoms. The first kappa shape index (κ1) is 12.2. The smallest absolute Gasteiger partial charge is 0.0464 e. The van der Waals surface area contributed by atoms with Gasteiger partial charge in [0.15, 0.2) is 0 Å². The van der Waals surface area contributed by atoms with Crippen molar-refractivity contribution in [3.05, 3.63) is 33.3 Å². The molecule has 0 amide bonds. The predicted molar refractivity (Wildman–Crippen MR) is 59.0 cm³/mol. The maximum absolute atomic E-state index is 5.91. The first-order valence-corrected chi connectivity index (χ1v) is 4.49. The van der Waals surface area contributed by atoms with E-state index in [0.717, 1.165) is 15.1 Å². The van der Waals surface area contributed by atoms with Gasteiger partial charge in [-0.3, -0.25) is 0 Å². The van der Waals surface area contributed by atoms with E-state index < -0.39 is 0 Å². The van der Waals surface area contributed by atoms with E-state index in [2.05, 4.69) is 15.9 Å². The maximum Gasteiger partial charge on any atom is 0.0464 e. The number of hydrogen-bond donors (Lipinski definition) is 1. The Kier molecular flexibility index (Phi) is 5.18. The van der Waals surface area contributed by atoms with Gasteiger partial charge in [0, 0.05) is 15.5 Å². The Morgan fingerprint density at radius 1 is 1.50 bits per heavy atom. The third-order valence-electron chi connectivity index (χ3n) is 1.45. The normalized spacial score (nSPS) is 12.0. The second-order valence-electron chi connectivity index (χ2n) is 2.45. The second-order valence-corrected chi connectivity index (χ2v) is 3.78. The van der Waals surface area contributed by atoms with Crippen molar-refractivity contribution >= 4 is 39.9 Å². The van der Waals surface area contributed by atoms with Crippen molar-refractivity contribution in [2.24, 2.45) is 5.73 Å². The highest BCUT2D eigenvalue weighted by atomic mass is 79.9. The van der Waals surface area contributed by atoms with Crippen molar-refractivity contribution in [2.75, 3.05) is 0 Å². The highest BCUT2D eigenvalue weighted by Crippen LogP contribution is 2.24. The molecule has 1 atom stereocenters. The Morgan fingerprint density at radius 2 is 2.08 bits per heavy atom. The average Bonchev–Trinajstić information content (AvgIpc) is 1.85. The molecule has 0 saturated carbocycles. The van der Waals surface area contributed by atoms with Crippen LogP contribution >= 0.6 is 39.9 Å². The number of halogens is 3. The zero-order valence-corrected chi connectivity index (χ0v) is 9.71. The second kappa shape index (κ2) is 5.07. The summed E-state index contributed by atoms with van der Waals surface area (Å²) >= 11 is 9.23. The molecule has 0 aliphatic heterocycles. The third-order valence-corrected chi connectivity index (χ3v) is 2.27. The van der Waals surface area contributed by atoms with E-state index in [4.69, 9.17) is 17.3 Å². The summed E-state index contributed by atoms with van der Waals surface area (Å²) < 4.78 is 0.979. The van der Waals surface area contributed by atoms with Gasteiger partial charge in [-0.15, -0.1) is 12.4 Å². The number of rotatable bonds is 1. The van der Waals surface area contributed by atoms with E-state index in [9.17, 15) is 0 Å². The highest BCUT2D eigenvalue weighted by molar-refractivity contribution is 9.10. The fourth-order valence-electron chi connectivity index (χ4n) is 0.871. The van der Waals surface area contributed by atoms with Gasteiger partial charge in [-0.1, -0.05) is 33.6 Å². The molecule has 12 heavy (non-hydrogen) atoms. The van der Waals surface area contributed by atoms with Gasteiger partial charge in [-0.05, 0) is 24.6 Å². The fourth-order valence-corrected chi connectivity index (χ4v) is 1.72. The van der Waals surface area contributed by atoms with Crippen LogP contribution in [-0.4, -0.2) is 0 Å². The first-order chi connectivity index (χ1) is 5.11. The number of nitrogens with two attached hydrogens (primary N) is 1. The molecule has 68 valence electrons. The van der Waals surface area contributed by atoms with Gasteiger partial charge >= 0.3 is 0 Å². The van der Waals surface area contributed by atoms with Crippen molar-refractivity contribution in [3.8, 4) is 0 Å². The Hall–Kier alpha value is 0.240. The quantitative estimate of drug-likeness (QED) is 0.830. The molecule has 0 radical (unpaired) electrons.